The van der Waals surface area contributed by atoms with Crippen LogP contribution in [0.3, 0.4) is 0 Å². The molecule has 5 unspecified atom stereocenters. The number of phenols is 1. The van der Waals surface area contributed by atoms with E-state index in [1.807, 2.05) is 0 Å². The van der Waals surface area contributed by atoms with E-state index in [1.165, 1.54) is 20.0 Å². The Hall–Kier alpha value is -1.97. The number of ether oxygens (including phenoxy) is 1. The quantitative estimate of drug-likeness (QED) is 0.634. The fraction of sp³-hybridized carbons (Fsp3) is 0.640. The van der Waals surface area contributed by atoms with Crippen molar-refractivity contribution in [1.82, 2.24) is 0 Å². The molecule has 3 saturated carbocycles. The monoisotopic (exact) mass is 398 g/mol. The van der Waals surface area contributed by atoms with Crippen LogP contribution < -0.4 is 4.74 Å². The first-order valence-corrected chi connectivity index (χ1v) is 10.9. The molecule has 0 aromatic heterocycles. The van der Waals surface area contributed by atoms with Gasteiger partial charge in [0.15, 0.2) is 11.5 Å². The molecule has 4 rings (SSSR count). The van der Waals surface area contributed by atoms with Crippen LogP contribution in [0.4, 0.5) is 0 Å². The molecule has 1 aromatic carbocycles. The molecular formula is C25H34O4. The largest absolute Gasteiger partial charge is 0.504 e. The molecule has 1 aromatic rings. The predicted octanol–water partition coefficient (Wildman–Crippen LogP) is 5.75. The Labute approximate surface area is 174 Å². The molecule has 4 heteroatoms. The smallest absolute Gasteiger partial charge is 0.332 e. The minimum atomic E-state index is -0.837. The van der Waals surface area contributed by atoms with Crippen LogP contribution in [-0.4, -0.2) is 23.3 Å². The fourth-order valence-corrected chi connectivity index (χ4v) is 7.66. The van der Waals surface area contributed by atoms with Gasteiger partial charge in [0, 0.05) is 11.0 Å². The van der Waals surface area contributed by atoms with E-state index in [9.17, 15) is 15.0 Å². The number of phenolic OH excluding ortho intramolecular Hbond substituents is 1. The third-order valence-corrected chi connectivity index (χ3v) is 9.18. The standard InChI is InChI=1S/C25H34O4/c1-15-6-9-20-23(2,3)21-14-25(15,20)11-10-24(21,4)17(22(27)28)12-16-7-8-18(26)19(13-16)29-5/h7-8,12-13,15,20-21,26H,6,9-11,14H2,1-5H3,(H,27,28)/b17-12-. The molecule has 0 heterocycles. The molecule has 29 heavy (non-hydrogen) atoms. The fourth-order valence-electron chi connectivity index (χ4n) is 7.66. The van der Waals surface area contributed by atoms with Crippen LogP contribution in [0, 0.1) is 34.0 Å². The van der Waals surface area contributed by atoms with Gasteiger partial charge in [-0.15, -0.1) is 0 Å². The summed E-state index contributed by atoms with van der Waals surface area (Å²) in [4.78, 5) is 12.5. The number of aromatic hydroxyl groups is 1. The highest BCUT2D eigenvalue weighted by Gasteiger charge is 2.68. The molecule has 3 aliphatic rings. The zero-order valence-corrected chi connectivity index (χ0v) is 18.3. The molecule has 0 saturated heterocycles. The van der Waals surface area contributed by atoms with Gasteiger partial charge in [-0.25, -0.2) is 4.79 Å². The zero-order chi connectivity index (χ0) is 21.2. The molecule has 0 radical (unpaired) electrons. The maximum atomic E-state index is 12.5. The van der Waals surface area contributed by atoms with Crippen LogP contribution >= 0.6 is 0 Å². The molecule has 0 aliphatic heterocycles. The summed E-state index contributed by atoms with van der Waals surface area (Å²) in [7, 11) is 1.50. The SMILES string of the molecule is COc1cc(/C=C(/C(=O)O)C2(C)CCC34CC2C(C)(C)C3CCC4C)ccc1O. The van der Waals surface area contributed by atoms with E-state index in [0.717, 1.165) is 30.7 Å². The van der Waals surface area contributed by atoms with Crippen molar-refractivity contribution in [2.24, 2.45) is 34.0 Å². The van der Waals surface area contributed by atoms with Crippen molar-refractivity contribution in [1.29, 1.82) is 0 Å². The number of benzene rings is 1. The third-order valence-electron chi connectivity index (χ3n) is 9.18. The summed E-state index contributed by atoms with van der Waals surface area (Å²) in [5.74, 6) is 1.38. The summed E-state index contributed by atoms with van der Waals surface area (Å²) in [5.41, 5.74) is 1.42. The molecule has 5 atom stereocenters. The number of fused-ring (bicyclic) bond motifs is 1. The van der Waals surface area contributed by atoms with Crippen molar-refractivity contribution in [3.8, 4) is 11.5 Å². The van der Waals surface area contributed by atoms with Crippen molar-refractivity contribution >= 4 is 12.0 Å². The van der Waals surface area contributed by atoms with Gasteiger partial charge in [0.2, 0.25) is 0 Å². The highest BCUT2D eigenvalue weighted by molar-refractivity contribution is 5.94. The Morgan fingerprint density at radius 1 is 1.17 bits per heavy atom. The second-order valence-electron chi connectivity index (χ2n) is 10.6. The number of carboxylic acids is 1. The minimum absolute atomic E-state index is 0.0612. The zero-order valence-electron chi connectivity index (χ0n) is 18.3. The second-order valence-corrected chi connectivity index (χ2v) is 10.6. The maximum Gasteiger partial charge on any atom is 0.332 e. The Balaban J connectivity index is 1.78. The van der Waals surface area contributed by atoms with Gasteiger partial charge in [-0.05, 0) is 84.5 Å². The molecular weight excluding hydrogens is 364 g/mol. The van der Waals surface area contributed by atoms with Crippen molar-refractivity contribution in [2.75, 3.05) is 7.11 Å². The van der Waals surface area contributed by atoms with Crippen molar-refractivity contribution in [3.05, 3.63) is 29.3 Å². The highest BCUT2D eigenvalue weighted by atomic mass is 16.5. The van der Waals surface area contributed by atoms with Crippen molar-refractivity contribution in [2.45, 2.75) is 59.8 Å². The van der Waals surface area contributed by atoms with Gasteiger partial charge >= 0.3 is 5.97 Å². The van der Waals surface area contributed by atoms with E-state index in [2.05, 4.69) is 27.7 Å². The number of carboxylic acid groups (broad SMARTS) is 1. The lowest BCUT2D eigenvalue weighted by atomic mass is 9.56. The Morgan fingerprint density at radius 3 is 2.55 bits per heavy atom. The third kappa shape index (κ3) is 2.74. The maximum absolute atomic E-state index is 12.5. The summed E-state index contributed by atoms with van der Waals surface area (Å²) in [6, 6.07) is 5.03. The lowest BCUT2D eigenvalue weighted by Crippen LogP contribution is -2.42. The lowest BCUT2D eigenvalue weighted by molar-refractivity contribution is -0.135. The predicted molar refractivity (Wildman–Crippen MR) is 114 cm³/mol. The number of aliphatic carboxylic acids is 1. The summed E-state index contributed by atoms with van der Waals surface area (Å²) < 4.78 is 5.21. The molecule has 1 spiro atoms. The van der Waals surface area contributed by atoms with Crippen LogP contribution in [0.5, 0.6) is 11.5 Å². The van der Waals surface area contributed by atoms with Crippen molar-refractivity contribution in [3.63, 3.8) is 0 Å². The highest BCUT2D eigenvalue weighted by Crippen LogP contribution is 2.75. The van der Waals surface area contributed by atoms with E-state index in [4.69, 9.17) is 4.74 Å². The summed E-state index contributed by atoms with van der Waals surface area (Å²) >= 11 is 0. The van der Waals surface area contributed by atoms with Gasteiger partial charge in [-0.2, -0.15) is 0 Å². The second kappa shape index (κ2) is 6.52. The number of methoxy groups -OCH3 is 1. The summed E-state index contributed by atoms with van der Waals surface area (Å²) in [5, 5.41) is 20.1. The molecule has 2 bridgehead atoms. The van der Waals surface area contributed by atoms with Crippen LogP contribution in [0.15, 0.2) is 23.8 Å². The average Bonchev–Trinajstić information content (AvgIpc) is 3.09. The first kappa shape index (κ1) is 20.3. The minimum Gasteiger partial charge on any atom is -0.504 e. The Kier molecular flexibility index (Phi) is 4.56. The van der Waals surface area contributed by atoms with Gasteiger partial charge in [-0.1, -0.05) is 33.8 Å². The van der Waals surface area contributed by atoms with Crippen LogP contribution in [0.25, 0.3) is 6.08 Å². The van der Waals surface area contributed by atoms with E-state index >= 15 is 0 Å². The van der Waals surface area contributed by atoms with Gasteiger partial charge in [0.05, 0.1) is 7.11 Å². The molecule has 0 amide bonds. The van der Waals surface area contributed by atoms with Gasteiger partial charge in [-0.3, -0.25) is 0 Å². The van der Waals surface area contributed by atoms with Crippen LogP contribution in [0.1, 0.15) is 65.4 Å². The Morgan fingerprint density at radius 2 is 1.90 bits per heavy atom. The number of rotatable bonds is 4. The number of carbonyl (C=O) groups is 1. The van der Waals surface area contributed by atoms with E-state index in [1.54, 1.807) is 24.3 Å². The number of hydrogen-bond acceptors (Lipinski definition) is 3. The molecule has 3 aliphatic carbocycles. The van der Waals surface area contributed by atoms with Crippen LogP contribution in [-0.2, 0) is 4.79 Å². The van der Waals surface area contributed by atoms with Gasteiger partial charge < -0.3 is 14.9 Å². The first-order chi connectivity index (χ1) is 13.6. The first-order valence-electron chi connectivity index (χ1n) is 10.9. The van der Waals surface area contributed by atoms with E-state index in [-0.39, 0.29) is 16.6 Å². The average molecular weight is 399 g/mol. The van der Waals surface area contributed by atoms with Gasteiger partial charge in [0.1, 0.15) is 0 Å². The molecule has 158 valence electrons. The van der Waals surface area contributed by atoms with E-state index < -0.39 is 5.97 Å². The summed E-state index contributed by atoms with van der Waals surface area (Å²) in [6.07, 6.45) is 7.59. The summed E-state index contributed by atoms with van der Waals surface area (Å²) in [6.45, 7) is 9.36. The molecule has 4 nitrogen and oxygen atoms in total. The Bertz CT molecular complexity index is 870. The normalized spacial score (nSPS) is 38.0. The number of hydrogen-bond donors (Lipinski definition) is 2. The molecule has 2 N–H and O–H groups in total. The molecule has 3 fully saturated rings. The topological polar surface area (TPSA) is 66.8 Å². The van der Waals surface area contributed by atoms with E-state index in [0.29, 0.717) is 28.6 Å². The van der Waals surface area contributed by atoms with Crippen LogP contribution in [0.2, 0.25) is 0 Å². The van der Waals surface area contributed by atoms with Gasteiger partial charge in [0.25, 0.3) is 0 Å². The lowest BCUT2D eigenvalue weighted by Gasteiger charge is -2.48. The van der Waals surface area contributed by atoms with Crippen molar-refractivity contribution < 1.29 is 19.7 Å².